The summed E-state index contributed by atoms with van der Waals surface area (Å²) in [7, 11) is -2.03. The molecule has 5 atom stereocenters. The molecule has 3 aromatic carbocycles. The van der Waals surface area contributed by atoms with E-state index in [4.69, 9.17) is 23.4 Å². The molecule has 0 aromatic heterocycles. The predicted molar refractivity (Wildman–Crippen MR) is 175 cm³/mol. The minimum absolute atomic E-state index is 0.203. The Hall–Kier alpha value is -1.97. The standard InChI is InChI=1S/C35H48O5SSi/c1-5-41-35-34(38-26-30-22-16-11-17-23-30)33(37-25-29-20-14-10-15-21-29)32(40-42(6-2,7-3)8-4)31(39-35)27-36-24-28-18-12-9-13-19-28/h9-23,31-35H,5-8,24-27H2,1-4H3/t31-,32-,33+,34-,35+/m1/s1. The molecule has 4 rings (SSSR count). The molecule has 0 N–H and O–H groups in total. The van der Waals surface area contributed by atoms with E-state index in [9.17, 15) is 0 Å². The van der Waals surface area contributed by atoms with Gasteiger partial charge in [0, 0.05) is 0 Å². The van der Waals surface area contributed by atoms with Crippen molar-refractivity contribution in [2.45, 2.75) is 95.5 Å². The van der Waals surface area contributed by atoms with E-state index in [1.54, 1.807) is 11.8 Å². The van der Waals surface area contributed by atoms with Crippen LogP contribution in [0.1, 0.15) is 44.4 Å². The van der Waals surface area contributed by atoms with Crippen LogP contribution in [0, 0.1) is 0 Å². The normalized spacial score (nSPS) is 22.7. The lowest BCUT2D eigenvalue weighted by atomic mass is 9.99. The first-order chi connectivity index (χ1) is 20.6. The molecule has 0 radical (unpaired) electrons. The topological polar surface area (TPSA) is 46.2 Å². The van der Waals surface area contributed by atoms with E-state index in [0.29, 0.717) is 26.4 Å². The Morgan fingerprint density at radius 3 is 1.57 bits per heavy atom. The van der Waals surface area contributed by atoms with Crippen LogP contribution in [0.5, 0.6) is 0 Å². The molecule has 0 aliphatic carbocycles. The van der Waals surface area contributed by atoms with Gasteiger partial charge in [-0.1, -0.05) is 119 Å². The monoisotopic (exact) mass is 608 g/mol. The number of rotatable bonds is 17. The van der Waals surface area contributed by atoms with Crippen molar-refractivity contribution >= 4 is 20.1 Å². The molecule has 3 aromatic rings. The Kier molecular flexibility index (Phi) is 13.6. The highest BCUT2D eigenvalue weighted by atomic mass is 32.2. The van der Waals surface area contributed by atoms with Gasteiger partial charge in [-0.25, -0.2) is 0 Å². The molecule has 1 saturated heterocycles. The minimum atomic E-state index is -2.03. The fraction of sp³-hybridized carbons (Fsp3) is 0.486. The van der Waals surface area contributed by atoms with Gasteiger partial charge in [0.25, 0.3) is 0 Å². The predicted octanol–water partition coefficient (Wildman–Crippen LogP) is 8.24. The molecule has 1 fully saturated rings. The second kappa shape index (κ2) is 17.4. The zero-order valence-corrected chi connectivity index (χ0v) is 27.5. The molecule has 7 heteroatoms. The van der Waals surface area contributed by atoms with Crippen molar-refractivity contribution in [1.82, 2.24) is 0 Å². The van der Waals surface area contributed by atoms with Crippen molar-refractivity contribution in [3.05, 3.63) is 108 Å². The minimum Gasteiger partial charge on any atom is -0.408 e. The maximum atomic E-state index is 7.27. The Morgan fingerprint density at radius 1 is 0.619 bits per heavy atom. The number of thioether (sulfide) groups is 1. The summed E-state index contributed by atoms with van der Waals surface area (Å²) in [5, 5.41) is 0. The van der Waals surface area contributed by atoms with Gasteiger partial charge in [0.05, 0.1) is 26.4 Å². The van der Waals surface area contributed by atoms with Gasteiger partial charge in [-0.2, -0.15) is 0 Å². The van der Waals surface area contributed by atoms with Gasteiger partial charge >= 0.3 is 0 Å². The third-order valence-electron chi connectivity index (χ3n) is 8.21. The van der Waals surface area contributed by atoms with E-state index in [2.05, 4.69) is 76.2 Å². The lowest BCUT2D eigenvalue weighted by Gasteiger charge is -2.48. The molecule has 1 heterocycles. The lowest BCUT2D eigenvalue weighted by molar-refractivity contribution is -0.236. The first kappa shape index (κ1) is 32.9. The van der Waals surface area contributed by atoms with E-state index in [1.807, 2.05) is 42.5 Å². The van der Waals surface area contributed by atoms with Crippen LogP contribution in [-0.2, 0) is 43.2 Å². The van der Waals surface area contributed by atoms with E-state index in [1.165, 1.54) is 0 Å². The van der Waals surface area contributed by atoms with Crippen LogP contribution in [0.3, 0.4) is 0 Å². The molecule has 1 aliphatic rings. The van der Waals surface area contributed by atoms with Crippen molar-refractivity contribution < 1.29 is 23.4 Å². The average molecular weight is 609 g/mol. The summed E-state index contributed by atoms with van der Waals surface area (Å²) in [4.78, 5) is 0. The molecule has 0 amide bonds. The fourth-order valence-corrected chi connectivity index (χ4v) is 9.34. The van der Waals surface area contributed by atoms with Gasteiger partial charge < -0.3 is 23.4 Å². The van der Waals surface area contributed by atoms with Crippen LogP contribution in [0.15, 0.2) is 91.0 Å². The molecule has 0 saturated carbocycles. The molecule has 0 spiro atoms. The van der Waals surface area contributed by atoms with Gasteiger partial charge in [-0.3, -0.25) is 0 Å². The zero-order valence-electron chi connectivity index (χ0n) is 25.7. The molecular weight excluding hydrogens is 561 g/mol. The first-order valence-corrected chi connectivity index (χ1v) is 19.1. The highest BCUT2D eigenvalue weighted by Gasteiger charge is 2.50. The first-order valence-electron chi connectivity index (χ1n) is 15.5. The average Bonchev–Trinajstić information content (AvgIpc) is 3.04. The number of benzene rings is 3. The van der Waals surface area contributed by atoms with E-state index >= 15 is 0 Å². The van der Waals surface area contributed by atoms with Crippen molar-refractivity contribution in [1.29, 1.82) is 0 Å². The second-order valence-electron chi connectivity index (χ2n) is 10.8. The summed E-state index contributed by atoms with van der Waals surface area (Å²) >= 11 is 1.76. The third-order valence-corrected chi connectivity index (χ3v) is 13.9. The van der Waals surface area contributed by atoms with Crippen LogP contribution in [0.2, 0.25) is 18.1 Å². The third kappa shape index (κ3) is 9.26. The molecule has 0 unspecified atom stereocenters. The smallest absolute Gasteiger partial charge is 0.192 e. The van der Waals surface area contributed by atoms with Gasteiger partial charge in [0.1, 0.15) is 29.9 Å². The van der Waals surface area contributed by atoms with Gasteiger partial charge in [-0.15, -0.1) is 11.8 Å². The quantitative estimate of drug-likeness (QED) is 0.144. The van der Waals surface area contributed by atoms with Gasteiger partial charge in [-0.05, 0) is 40.6 Å². The molecule has 228 valence electrons. The lowest BCUT2D eigenvalue weighted by Crippen LogP contribution is -2.63. The van der Waals surface area contributed by atoms with Crippen LogP contribution in [-0.4, -0.2) is 50.5 Å². The van der Waals surface area contributed by atoms with Gasteiger partial charge in [0.2, 0.25) is 0 Å². The number of hydrogen-bond donors (Lipinski definition) is 0. The summed E-state index contributed by atoms with van der Waals surface area (Å²) in [5.41, 5.74) is 3.20. The Labute approximate surface area is 258 Å². The van der Waals surface area contributed by atoms with Crippen molar-refractivity contribution in [3.8, 4) is 0 Å². The molecule has 0 bridgehead atoms. The molecule has 42 heavy (non-hydrogen) atoms. The summed E-state index contributed by atoms with van der Waals surface area (Å²) in [6.07, 6.45) is -1.18. The van der Waals surface area contributed by atoms with Crippen LogP contribution in [0.4, 0.5) is 0 Å². The molecule has 5 nitrogen and oxygen atoms in total. The number of ether oxygens (including phenoxy) is 4. The van der Waals surface area contributed by atoms with Crippen molar-refractivity contribution in [2.24, 2.45) is 0 Å². The summed E-state index contributed by atoms with van der Waals surface area (Å²) in [6.45, 7) is 10.9. The van der Waals surface area contributed by atoms with E-state index in [-0.39, 0.29) is 29.9 Å². The Bertz CT molecular complexity index is 1120. The van der Waals surface area contributed by atoms with Crippen LogP contribution < -0.4 is 0 Å². The maximum Gasteiger partial charge on any atom is 0.192 e. The van der Waals surface area contributed by atoms with Crippen LogP contribution >= 0.6 is 11.8 Å². The fourth-order valence-electron chi connectivity index (χ4n) is 5.51. The number of hydrogen-bond acceptors (Lipinski definition) is 6. The summed E-state index contributed by atoms with van der Waals surface area (Å²) < 4.78 is 34.0. The second-order valence-corrected chi connectivity index (χ2v) is 16.9. The van der Waals surface area contributed by atoms with Crippen molar-refractivity contribution in [2.75, 3.05) is 12.4 Å². The zero-order chi connectivity index (χ0) is 29.6. The summed E-state index contributed by atoms with van der Waals surface area (Å²) in [6, 6.07) is 34.1. The van der Waals surface area contributed by atoms with E-state index < -0.39 is 8.32 Å². The Morgan fingerprint density at radius 2 is 1.10 bits per heavy atom. The maximum absolute atomic E-state index is 7.27. The highest BCUT2D eigenvalue weighted by Crippen LogP contribution is 2.37. The summed E-state index contributed by atoms with van der Waals surface area (Å²) in [5.74, 6) is 0.905. The van der Waals surface area contributed by atoms with E-state index in [0.717, 1.165) is 40.6 Å². The van der Waals surface area contributed by atoms with Gasteiger partial charge in [0.15, 0.2) is 8.32 Å². The Balaban J connectivity index is 1.65. The largest absolute Gasteiger partial charge is 0.408 e. The highest BCUT2D eigenvalue weighted by molar-refractivity contribution is 7.99. The van der Waals surface area contributed by atoms with Crippen molar-refractivity contribution in [3.63, 3.8) is 0 Å². The molecule has 1 aliphatic heterocycles. The molecular formula is C35H48O5SSi. The SMILES string of the molecule is CCS[C@@H]1O[C@H](COCc2ccccc2)[C@@H](O[Si](CC)(CC)CC)[C@H](OCc2ccccc2)[C@H]1OCc1ccccc1. The van der Waals surface area contributed by atoms with Crippen LogP contribution in [0.25, 0.3) is 0 Å².